The Morgan fingerprint density at radius 2 is 2.62 bits per heavy atom. The smallest absolute Gasteiger partial charge is 0.240 e. The molecule has 1 amide bonds. The minimum absolute atomic E-state index is 0.550. The average molecular weight is 200 g/mol. The van der Waals surface area contributed by atoms with Gasteiger partial charge >= 0.3 is 0 Å². The van der Waals surface area contributed by atoms with Crippen LogP contribution in [0.5, 0.6) is 0 Å². The summed E-state index contributed by atoms with van der Waals surface area (Å²) < 4.78 is 0. The van der Waals surface area contributed by atoms with E-state index in [9.17, 15) is 4.79 Å². The first-order valence-corrected chi connectivity index (χ1v) is 5.03. The second kappa shape index (κ2) is 5.66. The van der Waals surface area contributed by atoms with Crippen LogP contribution >= 0.6 is 11.3 Å². The van der Waals surface area contributed by atoms with Crippen molar-refractivity contribution < 1.29 is 9.63 Å². The number of aromatic nitrogens is 1. The number of hydroxylamine groups is 1. The Hall–Kier alpha value is -0.940. The van der Waals surface area contributed by atoms with Crippen molar-refractivity contribution in [3.8, 4) is 0 Å². The van der Waals surface area contributed by atoms with Crippen LogP contribution in [-0.2, 0) is 9.63 Å². The van der Waals surface area contributed by atoms with Crippen LogP contribution < -0.4 is 5.06 Å². The Balaban J connectivity index is 2.40. The summed E-state index contributed by atoms with van der Waals surface area (Å²) in [6.07, 6.45) is 4.26. The third-order valence-electron chi connectivity index (χ3n) is 1.43. The lowest BCUT2D eigenvalue weighted by atomic mass is 10.4. The summed E-state index contributed by atoms with van der Waals surface area (Å²) in [7, 11) is 0. The van der Waals surface area contributed by atoms with E-state index in [1.807, 2.05) is 0 Å². The lowest BCUT2D eigenvalue weighted by Gasteiger charge is -2.12. The van der Waals surface area contributed by atoms with E-state index in [0.29, 0.717) is 18.1 Å². The topological polar surface area (TPSA) is 42.4 Å². The van der Waals surface area contributed by atoms with Gasteiger partial charge in [-0.15, -0.1) is 11.3 Å². The zero-order valence-corrected chi connectivity index (χ0v) is 8.29. The van der Waals surface area contributed by atoms with Gasteiger partial charge in [0.1, 0.15) is 0 Å². The summed E-state index contributed by atoms with van der Waals surface area (Å²) in [6, 6.07) is 0. The Kier molecular flexibility index (Phi) is 4.42. The minimum Gasteiger partial charge on any atom is -0.276 e. The van der Waals surface area contributed by atoms with Gasteiger partial charge in [0.2, 0.25) is 11.5 Å². The van der Waals surface area contributed by atoms with Crippen LogP contribution in [0.3, 0.4) is 0 Å². The van der Waals surface area contributed by atoms with Gasteiger partial charge < -0.3 is 0 Å². The summed E-state index contributed by atoms with van der Waals surface area (Å²) in [4.78, 5) is 19.7. The molecular weight excluding hydrogens is 188 g/mol. The number of carbonyl (C=O) groups is 1. The van der Waals surface area contributed by atoms with Crippen LogP contribution in [0, 0.1) is 0 Å². The Morgan fingerprint density at radius 1 is 1.77 bits per heavy atom. The van der Waals surface area contributed by atoms with Crippen molar-refractivity contribution in [2.24, 2.45) is 0 Å². The number of unbranched alkanes of at least 4 members (excludes halogenated alkanes) is 1. The molecule has 0 unspecified atom stereocenters. The van der Waals surface area contributed by atoms with Gasteiger partial charge in [-0.1, -0.05) is 13.3 Å². The highest BCUT2D eigenvalue weighted by Gasteiger charge is 2.07. The summed E-state index contributed by atoms with van der Waals surface area (Å²) >= 11 is 1.37. The number of carbonyl (C=O) groups excluding carboxylic acids is 1. The number of rotatable bonds is 6. The van der Waals surface area contributed by atoms with Crippen molar-refractivity contribution >= 4 is 22.9 Å². The van der Waals surface area contributed by atoms with Crippen LogP contribution in [0.1, 0.15) is 19.8 Å². The predicted octanol–water partition coefficient (Wildman–Crippen LogP) is 1.84. The van der Waals surface area contributed by atoms with Crippen LogP contribution in [0.15, 0.2) is 11.6 Å². The molecule has 0 aliphatic heterocycles. The van der Waals surface area contributed by atoms with Crippen LogP contribution in [0.4, 0.5) is 5.13 Å². The Morgan fingerprint density at radius 3 is 3.15 bits per heavy atom. The minimum atomic E-state index is 0.550. The molecule has 13 heavy (non-hydrogen) atoms. The maximum absolute atomic E-state index is 10.6. The molecular formula is C8H12N2O2S. The second-order valence-corrected chi connectivity index (χ2v) is 3.31. The van der Waals surface area contributed by atoms with Crippen LogP contribution in [0.2, 0.25) is 0 Å². The highest BCUT2D eigenvalue weighted by Crippen LogP contribution is 2.15. The van der Waals surface area contributed by atoms with Gasteiger partial charge in [-0.25, -0.2) is 4.98 Å². The average Bonchev–Trinajstić information content (AvgIpc) is 2.65. The van der Waals surface area contributed by atoms with E-state index >= 15 is 0 Å². The molecule has 4 nitrogen and oxygen atoms in total. The monoisotopic (exact) mass is 200 g/mol. The fourth-order valence-electron chi connectivity index (χ4n) is 0.763. The summed E-state index contributed by atoms with van der Waals surface area (Å²) in [5, 5.41) is 3.54. The zero-order valence-electron chi connectivity index (χ0n) is 7.47. The fraction of sp³-hybridized carbons (Fsp3) is 0.500. The van der Waals surface area contributed by atoms with E-state index < -0.39 is 0 Å². The fourth-order valence-corrected chi connectivity index (χ4v) is 1.33. The van der Waals surface area contributed by atoms with E-state index in [4.69, 9.17) is 4.84 Å². The molecule has 0 spiro atoms. The van der Waals surface area contributed by atoms with E-state index in [-0.39, 0.29) is 0 Å². The standard InChI is InChI=1S/C8H12N2O2S/c1-2-3-5-12-10(7-11)8-9-4-6-13-8/h4,6-7H,2-3,5H2,1H3. The number of anilines is 1. The second-order valence-electron chi connectivity index (χ2n) is 2.43. The molecule has 0 radical (unpaired) electrons. The van der Waals surface area contributed by atoms with Crippen molar-refractivity contribution in [1.82, 2.24) is 4.98 Å². The SMILES string of the molecule is CCCCON(C=O)c1nccs1. The van der Waals surface area contributed by atoms with Crippen molar-refractivity contribution in [3.63, 3.8) is 0 Å². The molecule has 1 heterocycles. The van der Waals surface area contributed by atoms with Gasteiger partial charge in [-0.3, -0.25) is 9.63 Å². The molecule has 0 fully saturated rings. The van der Waals surface area contributed by atoms with Gasteiger partial charge in [-0.2, -0.15) is 5.06 Å². The molecule has 0 aliphatic carbocycles. The van der Waals surface area contributed by atoms with Gasteiger partial charge in [0, 0.05) is 11.6 Å². The molecule has 0 N–H and O–H groups in total. The molecule has 5 heteroatoms. The van der Waals surface area contributed by atoms with Crippen molar-refractivity contribution in [2.45, 2.75) is 19.8 Å². The Labute approximate surface area is 81.1 Å². The van der Waals surface area contributed by atoms with Gasteiger partial charge in [0.05, 0.1) is 6.61 Å². The first-order chi connectivity index (χ1) is 6.38. The van der Waals surface area contributed by atoms with E-state index in [0.717, 1.165) is 12.8 Å². The highest BCUT2D eigenvalue weighted by molar-refractivity contribution is 7.13. The lowest BCUT2D eigenvalue weighted by Crippen LogP contribution is -2.21. The summed E-state index contributed by atoms with van der Waals surface area (Å²) in [5.41, 5.74) is 0. The molecule has 1 aromatic rings. The summed E-state index contributed by atoms with van der Waals surface area (Å²) in [5.74, 6) is 0. The molecule has 0 bridgehead atoms. The van der Waals surface area contributed by atoms with Crippen molar-refractivity contribution in [2.75, 3.05) is 11.7 Å². The molecule has 1 rings (SSSR count). The van der Waals surface area contributed by atoms with Crippen molar-refractivity contribution in [3.05, 3.63) is 11.6 Å². The molecule has 72 valence electrons. The molecule has 0 aromatic carbocycles. The first kappa shape index (κ1) is 10.1. The number of nitrogens with zero attached hydrogens (tertiary/aromatic N) is 2. The molecule has 0 saturated heterocycles. The normalized spacial score (nSPS) is 9.92. The largest absolute Gasteiger partial charge is 0.276 e. The van der Waals surface area contributed by atoms with Gasteiger partial charge in [0.15, 0.2) is 0 Å². The van der Waals surface area contributed by atoms with Crippen LogP contribution in [0.25, 0.3) is 0 Å². The highest BCUT2D eigenvalue weighted by atomic mass is 32.1. The quantitative estimate of drug-likeness (QED) is 0.400. The number of hydrogen-bond acceptors (Lipinski definition) is 4. The number of amides is 1. The van der Waals surface area contributed by atoms with E-state index in [1.165, 1.54) is 16.4 Å². The Bertz CT molecular complexity index is 238. The molecule has 0 aliphatic rings. The first-order valence-electron chi connectivity index (χ1n) is 4.15. The van der Waals surface area contributed by atoms with Crippen LogP contribution in [-0.4, -0.2) is 18.0 Å². The van der Waals surface area contributed by atoms with Gasteiger partial charge in [0.25, 0.3) is 0 Å². The number of thiazole rings is 1. The van der Waals surface area contributed by atoms with Gasteiger partial charge in [-0.05, 0) is 6.42 Å². The third-order valence-corrected chi connectivity index (χ3v) is 2.19. The van der Waals surface area contributed by atoms with Crippen molar-refractivity contribution in [1.29, 1.82) is 0 Å². The zero-order chi connectivity index (χ0) is 9.52. The predicted molar refractivity (Wildman–Crippen MR) is 51.5 cm³/mol. The summed E-state index contributed by atoms with van der Waals surface area (Å²) in [6.45, 7) is 2.62. The van der Waals surface area contributed by atoms with E-state index in [2.05, 4.69) is 11.9 Å². The maximum atomic E-state index is 10.6. The lowest BCUT2D eigenvalue weighted by molar-refractivity contribution is -0.114. The number of hydrogen-bond donors (Lipinski definition) is 0. The van der Waals surface area contributed by atoms with E-state index in [1.54, 1.807) is 11.6 Å². The molecule has 0 saturated carbocycles. The third kappa shape index (κ3) is 3.12. The maximum Gasteiger partial charge on any atom is 0.240 e. The molecule has 1 aromatic heterocycles. The molecule has 0 atom stereocenters.